The summed E-state index contributed by atoms with van der Waals surface area (Å²) in [6.07, 6.45) is -7.22. The standard InChI is InChI=1S/2C7H12F3NO.2ClH/c2*8-7(9,10)6-2-1-5(4-12)3-11-6;;/h2*5-6,11-12H,1-4H2;2*1H/t2*5-,6-;;/m10../s1. The summed E-state index contributed by atoms with van der Waals surface area (Å²) in [7, 11) is 0. The summed E-state index contributed by atoms with van der Waals surface area (Å²) in [5, 5.41) is 22.1. The van der Waals surface area contributed by atoms with Gasteiger partial charge in [-0.15, -0.1) is 24.8 Å². The lowest BCUT2D eigenvalue weighted by Crippen LogP contribution is -2.48. The number of aliphatic hydroxyl groups is 2. The SMILES string of the molecule is Cl.Cl.OC[C@@H]1CC[C@H](C(F)(F)F)NC1.OC[C@H]1CC[C@@H](C(F)(F)F)NC1. The lowest BCUT2D eigenvalue weighted by Gasteiger charge is -2.30. The fourth-order valence-corrected chi connectivity index (χ4v) is 2.70. The molecule has 2 heterocycles. The van der Waals surface area contributed by atoms with E-state index in [4.69, 9.17) is 10.2 Å². The Labute approximate surface area is 160 Å². The zero-order valence-electron chi connectivity index (χ0n) is 13.9. The van der Waals surface area contributed by atoms with E-state index in [1.165, 1.54) is 0 Å². The van der Waals surface area contributed by atoms with Gasteiger partial charge in [0.2, 0.25) is 0 Å². The van der Waals surface area contributed by atoms with Crippen molar-refractivity contribution in [1.29, 1.82) is 0 Å². The summed E-state index contributed by atoms with van der Waals surface area (Å²) >= 11 is 0. The van der Waals surface area contributed by atoms with Crippen LogP contribution >= 0.6 is 24.8 Å². The molecule has 0 amide bonds. The molecule has 12 heteroatoms. The van der Waals surface area contributed by atoms with Crippen molar-refractivity contribution in [3.8, 4) is 0 Å². The second kappa shape index (κ2) is 12.5. The van der Waals surface area contributed by atoms with Crippen LogP contribution in [0.15, 0.2) is 0 Å². The topological polar surface area (TPSA) is 64.5 Å². The minimum Gasteiger partial charge on any atom is -0.396 e. The molecule has 0 spiro atoms. The molecule has 2 rings (SSSR count). The number of piperidine rings is 2. The van der Waals surface area contributed by atoms with Crippen LogP contribution < -0.4 is 10.6 Å². The van der Waals surface area contributed by atoms with E-state index < -0.39 is 24.4 Å². The molecule has 0 aliphatic carbocycles. The van der Waals surface area contributed by atoms with Gasteiger partial charge >= 0.3 is 12.4 Å². The van der Waals surface area contributed by atoms with Crippen molar-refractivity contribution in [3.05, 3.63) is 0 Å². The Kier molecular flexibility index (Phi) is 13.5. The largest absolute Gasteiger partial charge is 0.403 e. The number of hydrogen-bond donors (Lipinski definition) is 4. The average molecular weight is 439 g/mol. The third-order valence-electron chi connectivity index (χ3n) is 4.34. The first-order valence-corrected chi connectivity index (χ1v) is 7.89. The maximum absolute atomic E-state index is 12.0. The van der Waals surface area contributed by atoms with Gasteiger partial charge in [0.1, 0.15) is 12.1 Å². The van der Waals surface area contributed by atoms with Crippen molar-refractivity contribution < 1.29 is 36.6 Å². The summed E-state index contributed by atoms with van der Waals surface area (Å²) in [5.74, 6) is -0.0211. The van der Waals surface area contributed by atoms with Gasteiger partial charge in [0.05, 0.1) is 0 Å². The zero-order valence-corrected chi connectivity index (χ0v) is 15.6. The molecular weight excluding hydrogens is 413 g/mol. The number of alkyl halides is 6. The molecule has 0 unspecified atom stereocenters. The van der Waals surface area contributed by atoms with E-state index in [0.717, 1.165) is 0 Å². The van der Waals surface area contributed by atoms with Gasteiger partial charge in [-0.2, -0.15) is 26.3 Å². The van der Waals surface area contributed by atoms with Crippen LogP contribution in [0, 0.1) is 11.8 Å². The van der Waals surface area contributed by atoms with Gasteiger partial charge in [-0.25, -0.2) is 0 Å². The van der Waals surface area contributed by atoms with Crippen LogP contribution in [-0.4, -0.2) is 61.0 Å². The Morgan fingerprint density at radius 2 is 0.962 bits per heavy atom. The van der Waals surface area contributed by atoms with Gasteiger partial charge in [0, 0.05) is 26.3 Å². The van der Waals surface area contributed by atoms with E-state index in [-0.39, 0.29) is 75.8 Å². The van der Waals surface area contributed by atoms with Gasteiger partial charge in [-0.3, -0.25) is 0 Å². The van der Waals surface area contributed by atoms with Crippen LogP contribution in [0.25, 0.3) is 0 Å². The molecule has 26 heavy (non-hydrogen) atoms. The molecule has 0 aromatic carbocycles. The monoisotopic (exact) mass is 438 g/mol. The molecule has 0 bridgehead atoms. The lowest BCUT2D eigenvalue weighted by atomic mass is 9.95. The molecule has 2 saturated heterocycles. The molecule has 0 saturated carbocycles. The van der Waals surface area contributed by atoms with E-state index in [2.05, 4.69) is 10.6 Å². The third-order valence-corrected chi connectivity index (χ3v) is 4.34. The van der Waals surface area contributed by atoms with Crippen molar-refractivity contribution in [2.45, 2.75) is 50.1 Å². The van der Waals surface area contributed by atoms with Crippen LogP contribution in [-0.2, 0) is 0 Å². The number of hydrogen-bond acceptors (Lipinski definition) is 4. The van der Waals surface area contributed by atoms with Crippen LogP contribution in [0.5, 0.6) is 0 Å². The third kappa shape index (κ3) is 9.80. The molecule has 0 radical (unpaired) electrons. The summed E-state index contributed by atoms with van der Waals surface area (Å²) in [4.78, 5) is 0. The highest BCUT2D eigenvalue weighted by Crippen LogP contribution is 2.28. The zero-order chi connectivity index (χ0) is 18.4. The highest BCUT2D eigenvalue weighted by Gasteiger charge is 2.42. The summed E-state index contributed by atoms with van der Waals surface area (Å²) < 4.78 is 72.3. The minimum atomic E-state index is -4.14. The molecule has 4 atom stereocenters. The fraction of sp³-hybridized carbons (Fsp3) is 1.00. The van der Waals surface area contributed by atoms with E-state index >= 15 is 0 Å². The first-order valence-electron chi connectivity index (χ1n) is 7.89. The lowest BCUT2D eigenvalue weighted by molar-refractivity contribution is -0.163. The summed E-state index contributed by atoms with van der Waals surface area (Å²) in [5.41, 5.74) is 0. The van der Waals surface area contributed by atoms with Crippen LogP contribution in [0.1, 0.15) is 25.7 Å². The minimum absolute atomic E-state index is 0. The molecule has 2 fully saturated rings. The molecule has 2 aliphatic heterocycles. The highest BCUT2D eigenvalue weighted by atomic mass is 35.5. The molecule has 160 valence electrons. The normalized spacial score (nSPS) is 29.5. The smallest absolute Gasteiger partial charge is 0.396 e. The Hall–Kier alpha value is -0.000000000000000104. The van der Waals surface area contributed by atoms with E-state index in [1.807, 2.05) is 0 Å². The van der Waals surface area contributed by atoms with Crippen molar-refractivity contribution >= 4 is 24.8 Å². The van der Waals surface area contributed by atoms with Crippen molar-refractivity contribution in [2.24, 2.45) is 11.8 Å². The Morgan fingerprint density at radius 3 is 1.12 bits per heavy atom. The number of aliphatic hydroxyl groups excluding tert-OH is 2. The maximum atomic E-state index is 12.0. The van der Waals surface area contributed by atoms with Crippen molar-refractivity contribution in [3.63, 3.8) is 0 Å². The highest BCUT2D eigenvalue weighted by molar-refractivity contribution is 5.85. The number of rotatable bonds is 2. The van der Waals surface area contributed by atoms with E-state index in [0.29, 0.717) is 12.8 Å². The Morgan fingerprint density at radius 1 is 0.654 bits per heavy atom. The van der Waals surface area contributed by atoms with Crippen LogP contribution in [0.3, 0.4) is 0 Å². The van der Waals surface area contributed by atoms with Gasteiger partial charge in [-0.05, 0) is 37.5 Å². The summed E-state index contributed by atoms with van der Waals surface area (Å²) in [6.45, 7) is 0.469. The number of nitrogens with one attached hydrogen (secondary N) is 2. The van der Waals surface area contributed by atoms with Gasteiger partial charge in [0.25, 0.3) is 0 Å². The Bertz CT molecular complexity index is 324. The fourth-order valence-electron chi connectivity index (χ4n) is 2.70. The average Bonchev–Trinajstić information content (AvgIpc) is 2.54. The van der Waals surface area contributed by atoms with Crippen molar-refractivity contribution in [1.82, 2.24) is 10.6 Å². The van der Waals surface area contributed by atoms with Crippen LogP contribution in [0.2, 0.25) is 0 Å². The van der Waals surface area contributed by atoms with Gasteiger partial charge < -0.3 is 20.8 Å². The molecule has 0 aromatic heterocycles. The predicted molar refractivity (Wildman–Crippen MR) is 89.8 cm³/mol. The molecular formula is C14H26Cl2F6N2O2. The number of halogens is 8. The second-order valence-electron chi connectivity index (χ2n) is 6.26. The predicted octanol–water partition coefficient (Wildman–Crippen LogP) is 2.66. The molecule has 0 aromatic rings. The van der Waals surface area contributed by atoms with E-state index in [9.17, 15) is 26.3 Å². The van der Waals surface area contributed by atoms with E-state index in [1.54, 1.807) is 0 Å². The summed E-state index contributed by atoms with van der Waals surface area (Å²) in [6, 6.07) is -2.75. The van der Waals surface area contributed by atoms with Gasteiger partial charge in [-0.1, -0.05) is 0 Å². The van der Waals surface area contributed by atoms with Gasteiger partial charge in [0.15, 0.2) is 0 Å². The first kappa shape index (κ1) is 28.2. The first-order chi connectivity index (χ1) is 11.1. The second-order valence-corrected chi connectivity index (χ2v) is 6.26. The van der Waals surface area contributed by atoms with Crippen molar-refractivity contribution in [2.75, 3.05) is 26.3 Å². The Balaban J connectivity index is 0. The maximum Gasteiger partial charge on any atom is 0.403 e. The quantitative estimate of drug-likeness (QED) is 0.500. The molecule has 4 N–H and O–H groups in total. The molecule has 4 nitrogen and oxygen atoms in total. The molecule has 2 aliphatic rings. The van der Waals surface area contributed by atoms with Crippen LogP contribution in [0.4, 0.5) is 26.3 Å².